The summed E-state index contributed by atoms with van der Waals surface area (Å²) >= 11 is 0. The van der Waals surface area contributed by atoms with Crippen LogP contribution < -0.4 is 10.5 Å². The number of fused-ring (bicyclic) bond motifs is 2. The number of aryl methyl sites for hydroxylation is 1. The predicted molar refractivity (Wildman–Crippen MR) is 124 cm³/mol. The third-order valence-electron chi connectivity index (χ3n) is 6.93. The molecule has 1 aliphatic heterocycles. The highest BCUT2D eigenvalue weighted by Crippen LogP contribution is 2.44. The first-order valence-corrected chi connectivity index (χ1v) is 11.3. The Morgan fingerprint density at radius 3 is 2.78 bits per heavy atom. The van der Waals surface area contributed by atoms with E-state index < -0.39 is 0 Å². The molecule has 1 aliphatic carbocycles. The van der Waals surface area contributed by atoms with Crippen LogP contribution >= 0.6 is 0 Å². The lowest BCUT2D eigenvalue weighted by Crippen LogP contribution is -2.26. The standard InChI is InChI=1S/C26H26N4O2/c27-25-24-23(29-26(30(24)11-10-28-25)20-12-16(13-20)15-31)19-7-6-18-8-9-21(32-22(18)14-19)17-4-2-1-3-5-17/h1-7,10-11,14,16,20-21,31H,8-9,12-13,15H2,(H2,27,28). The molecule has 0 radical (unpaired) electrons. The van der Waals surface area contributed by atoms with Crippen LogP contribution in [0.1, 0.15) is 48.2 Å². The normalized spacial score (nSPS) is 22.2. The van der Waals surface area contributed by atoms with Crippen molar-refractivity contribution >= 4 is 11.3 Å². The molecule has 6 nitrogen and oxygen atoms in total. The number of rotatable bonds is 4. The zero-order valence-electron chi connectivity index (χ0n) is 17.8. The van der Waals surface area contributed by atoms with Crippen LogP contribution in [-0.4, -0.2) is 26.1 Å². The summed E-state index contributed by atoms with van der Waals surface area (Å²) in [5.41, 5.74) is 11.4. The van der Waals surface area contributed by atoms with Crippen LogP contribution in [0.2, 0.25) is 0 Å². The van der Waals surface area contributed by atoms with Crippen LogP contribution in [0, 0.1) is 5.92 Å². The molecule has 4 aromatic rings. The highest BCUT2D eigenvalue weighted by molar-refractivity contribution is 5.86. The Kier molecular flexibility index (Phi) is 4.61. The first-order valence-electron chi connectivity index (χ1n) is 11.3. The lowest BCUT2D eigenvalue weighted by molar-refractivity contribution is 0.138. The fourth-order valence-electron chi connectivity index (χ4n) is 5.09. The number of benzene rings is 2. The van der Waals surface area contributed by atoms with Gasteiger partial charge in [-0.25, -0.2) is 9.97 Å². The van der Waals surface area contributed by atoms with Crippen LogP contribution in [0.15, 0.2) is 60.9 Å². The van der Waals surface area contributed by atoms with Gasteiger partial charge in [-0.15, -0.1) is 0 Å². The van der Waals surface area contributed by atoms with Crippen molar-refractivity contribution in [2.75, 3.05) is 12.3 Å². The van der Waals surface area contributed by atoms with Gasteiger partial charge in [0.2, 0.25) is 0 Å². The second-order valence-electron chi connectivity index (χ2n) is 8.94. The molecule has 1 fully saturated rings. The van der Waals surface area contributed by atoms with Gasteiger partial charge in [0.05, 0.1) is 0 Å². The molecule has 3 N–H and O–H groups in total. The fraction of sp³-hybridized carbons (Fsp3) is 0.308. The number of ether oxygens (including phenoxy) is 1. The molecular weight excluding hydrogens is 400 g/mol. The van der Waals surface area contributed by atoms with Gasteiger partial charge >= 0.3 is 0 Å². The average Bonchev–Trinajstić information content (AvgIpc) is 3.19. The molecule has 0 saturated heterocycles. The molecule has 6 heteroatoms. The third kappa shape index (κ3) is 3.14. The highest BCUT2D eigenvalue weighted by atomic mass is 16.5. The summed E-state index contributed by atoms with van der Waals surface area (Å²) in [5, 5.41) is 9.44. The van der Waals surface area contributed by atoms with Gasteiger partial charge < -0.3 is 15.6 Å². The van der Waals surface area contributed by atoms with Gasteiger partial charge in [-0.05, 0) is 48.8 Å². The van der Waals surface area contributed by atoms with Crippen molar-refractivity contribution in [1.82, 2.24) is 14.4 Å². The minimum atomic E-state index is 0.0605. The van der Waals surface area contributed by atoms with E-state index in [1.54, 1.807) is 6.20 Å². The minimum Gasteiger partial charge on any atom is -0.485 e. The molecule has 2 aliphatic rings. The van der Waals surface area contributed by atoms with Crippen molar-refractivity contribution in [3.63, 3.8) is 0 Å². The van der Waals surface area contributed by atoms with E-state index in [4.69, 9.17) is 15.5 Å². The van der Waals surface area contributed by atoms with Gasteiger partial charge in [-0.3, -0.25) is 4.40 Å². The van der Waals surface area contributed by atoms with Crippen molar-refractivity contribution in [2.24, 2.45) is 5.92 Å². The number of hydrogen-bond acceptors (Lipinski definition) is 5. The Bertz CT molecular complexity index is 1280. The number of aliphatic hydroxyl groups is 1. The van der Waals surface area contributed by atoms with E-state index in [0.717, 1.165) is 54.0 Å². The lowest BCUT2D eigenvalue weighted by atomic mass is 9.75. The minimum absolute atomic E-state index is 0.0605. The number of aliphatic hydroxyl groups excluding tert-OH is 1. The second-order valence-corrected chi connectivity index (χ2v) is 8.94. The van der Waals surface area contributed by atoms with E-state index >= 15 is 0 Å². The number of nitrogens with zero attached hydrogens (tertiary/aromatic N) is 3. The Hall–Kier alpha value is -3.38. The van der Waals surface area contributed by atoms with E-state index in [0.29, 0.717) is 17.7 Å². The van der Waals surface area contributed by atoms with Gasteiger partial charge in [0.15, 0.2) is 0 Å². The molecule has 0 bridgehead atoms. The highest BCUT2D eigenvalue weighted by Gasteiger charge is 2.34. The van der Waals surface area contributed by atoms with E-state index in [1.807, 2.05) is 12.3 Å². The van der Waals surface area contributed by atoms with Crippen LogP contribution in [0.4, 0.5) is 5.82 Å². The molecule has 162 valence electrons. The lowest BCUT2D eigenvalue weighted by Gasteiger charge is -2.33. The first kappa shape index (κ1) is 19.3. The Balaban J connectivity index is 1.40. The van der Waals surface area contributed by atoms with Gasteiger partial charge in [-0.2, -0.15) is 0 Å². The predicted octanol–water partition coefficient (Wildman–Crippen LogP) is 4.53. The summed E-state index contributed by atoms with van der Waals surface area (Å²) in [6.45, 7) is 0.237. The van der Waals surface area contributed by atoms with E-state index in [1.165, 1.54) is 11.1 Å². The first-order chi connectivity index (χ1) is 15.7. The molecule has 6 rings (SSSR count). The smallest absolute Gasteiger partial charge is 0.150 e. The van der Waals surface area contributed by atoms with Crippen LogP contribution in [0.5, 0.6) is 5.75 Å². The summed E-state index contributed by atoms with van der Waals surface area (Å²) in [6, 6.07) is 16.7. The van der Waals surface area contributed by atoms with Crippen LogP contribution in [0.3, 0.4) is 0 Å². The van der Waals surface area contributed by atoms with Crippen molar-refractivity contribution in [3.8, 4) is 17.0 Å². The summed E-state index contributed by atoms with van der Waals surface area (Å²) in [4.78, 5) is 9.37. The number of hydrogen-bond donors (Lipinski definition) is 2. The molecule has 1 unspecified atom stereocenters. The van der Waals surface area contributed by atoms with E-state index in [9.17, 15) is 5.11 Å². The topological polar surface area (TPSA) is 85.7 Å². The monoisotopic (exact) mass is 426 g/mol. The average molecular weight is 427 g/mol. The Morgan fingerprint density at radius 1 is 1.12 bits per heavy atom. The number of nitrogens with two attached hydrogens (primary N) is 1. The maximum atomic E-state index is 9.44. The molecule has 1 atom stereocenters. The number of nitrogen functional groups attached to an aromatic ring is 1. The van der Waals surface area contributed by atoms with Gasteiger partial charge in [0, 0.05) is 30.5 Å². The van der Waals surface area contributed by atoms with Crippen molar-refractivity contribution in [1.29, 1.82) is 0 Å². The Morgan fingerprint density at radius 2 is 1.97 bits per heavy atom. The number of aromatic nitrogens is 3. The largest absolute Gasteiger partial charge is 0.485 e. The molecule has 1 saturated carbocycles. The fourth-order valence-corrected chi connectivity index (χ4v) is 5.09. The van der Waals surface area contributed by atoms with Crippen molar-refractivity contribution in [3.05, 3.63) is 77.9 Å². The molecule has 2 aromatic carbocycles. The quantitative estimate of drug-likeness (QED) is 0.501. The van der Waals surface area contributed by atoms with Gasteiger partial charge in [-0.1, -0.05) is 42.5 Å². The molecular formula is C26H26N4O2. The molecule has 0 spiro atoms. The number of imidazole rings is 1. The summed E-state index contributed by atoms with van der Waals surface area (Å²) in [6.07, 6.45) is 7.57. The zero-order valence-corrected chi connectivity index (χ0v) is 17.8. The molecule has 3 heterocycles. The van der Waals surface area contributed by atoms with Crippen molar-refractivity contribution < 1.29 is 9.84 Å². The van der Waals surface area contributed by atoms with Crippen LogP contribution in [-0.2, 0) is 6.42 Å². The third-order valence-corrected chi connectivity index (χ3v) is 6.93. The SMILES string of the molecule is Nc1nccn2c(C3CC(CO)C3)nc(-c3ccc4c(c3)OC(c3ccccc3)CC4)c12. The summed E-state index contributed by atoms with van der Waals surface area (Å²) in [7, 11) is 0. The van der Waals surface area contributed by atoms with Gasteiger partial charge in [0.1, 0.15) is 34.7 Å². The molecule has 0 amide bonds. The summed E-state index contributed by atoms with van der Waals surface area (Å²) < 4.78 is 8.50. The zero-order chi connectivity index (χ0) is 21.7. The van der Waals surface area contributed by atoms with Gasteiger partial charge in [0.25, 0.3) is 0 Å². The molecule has 32 heavy (non-hydrogen) atoms. The summed E-state index contributed by atoms with van der Waals surface area (Å²) in [5.74, 6) is 3.07. The number of anilines is 1. The van der Waals surface area contributed by atoms with Crippen molar-refractivity contribution in [2.45, 2.75) is 37.7 Å². The maximum Gasteiger partial charge on any atom is 0.150 e. The second kappa shape index (κ2) is 7.64. The van der Waals surface area contributed by atoms with E-state index in [2.05, 4.69) is 51.8 Å². The van der Waals surface area contributed by atoms with E-state index in [-0.39, 0.29) is 12.7 Å². The maximum absolute atomic E-state index is 9.44. The Labute approximate surface area is 186 Å². The van der Waals surface area contributed by atoms with Crippen LogP contribution in [0.25, 0.3) is 16.8 Å². The molecule has 2 aromatic heterocycles.